The molecule has 0 aliphatic carbocycles. The molecule has 0 aliphatic rings. The Hall–Kier alpha value is -0.0851. The van der Waals surface area contributed by atoms with Crippen molar-refractivity contribution in [1.29, 1.82) is 0 Å². The van der Waals surface area contributed by atoms with Crippen molar-refractivity contribution in [3.05, 3.63) is 0 Å². The van der Waals surface area contributed by atoms with Gasteiger partial charge in [0.15, 0.2) is 0 Å². The molecule has 0 saturated heterocycles. The third kappa shape index (κ3) is 3.91. The Labute approximate surface area is 37.5 Å². The van der Waals surface area contributed by atoms with E-state index < -0.39 is 0 Å². The van der Waals surface area contributed by atoms with E-state index in [1.165, 1.54) is 7.05 Å². The first-order valence-corrected chi connectivity index (χ1v) is 1.79. The molecule has 0 aromatic heterocycles. The molecule has 2 nitrogen and oxygen atoms in total. The number of hydrogen-bond donors (Lipinski definition) is 1. The fourth-order valence-corrected chi connectivity index (χ4v) is 0.218. The summed E-state index contributed by atoms with van der Waals surface area (Å²) in [5.74, 6) is 0. The summed E-state index contributed by atoms with van der Waals surface area (Å²) >= 11 is 0. The van der Waals surface area contributed by atoms with E-state index in [0.29, 0.717) is 12.6 Å². The standard InChI is InChI=1S/C2H8BFN2/c1-5-3-6(2)4/h3,5H,1-2H3. The Morgan fingerprint density at radius 1 is 1.83 bits per heavy atom. The summed E-state index contributed by atoms with van der Waals surface area (Å²) in [6, 6.07) is 0. The number of halogens is 1. The Bertz CT molecular complexity index is 32.7. The normalized spacial score (nSPS) is 9.33. The largest absolute Gasteiger partial charge is 0.346 e. The second-order valence-corrected chi connectivity index (χ2v) is 1.12. The van der Waals surface area contributed by atoms with Crippen LogP contribution < -0.4 is 5.23 Å². The molecule has 0 radical (unpaired) electrons. The molecule has 0 saturated carbocycles. The zero-order valence-corrected chi connectivity index (χ0v) is 4.03. The van der Waals surface area contributed by atoms with Crippen molar-refractivity contribution in [2.75, 3.05) is 14.1 Å². The Morgan fingerprint density at radius 3 is 2.33 bits per heavy atom. The second kappa shape index (κ2) is 3.12. The highest BCUT2D eigenvalue weighted by Crippen LogP contribution is 1.68. The van der Waals surface area contributed by atoms with Gasteiger partial charge in [-0.05, 0) is 7.05 Å². The molecule has 0 rings (SSSR count). The molecule has 0 aliphatic heterocycles. The minimum Gasteiger partial charge on any atom is -0.346 e. The van der Waals surface area contributed by atoms with Gasteiger partial charge in [-0.25, -0.2) is 0 Å². The molecule has 4 heteroatoms. The molecule has 6 heavy (non-hydrogen) atoms. The van der Waals surface area contributed by atoms with Gasteiger partial charge in [0.05, 0.1) is 0 Å². The van der Waals surface area contributed by atoms with E-state index in [4.69, 9.17) is 0 Å². The minimum atomic E-state index is 0.292. The van der Waals surface area contributed by atoms with Crippen molar-refractivity contribution in [2.24, 2.45) is 0 Å². The maximum Gasteiger partial charge on any atom is 0.323 e. The Kier molecular flexibility index (Phi) is 3.07. The molecule has 0 aromatic rings. The number of nitrogens with one attached hydrogen (secondary N) is 1. The third-order valence-electron chi connectivity index (χ3n) is 0.376. The van der Waals surface area contributed by atoms with E-state index in [1.807, 2.05) is 0 Å². The van der Waals surface area contributed by atoms with E-state index in [2.05, 4.69) is 5.23 Å². The lowest BCUT2D eigenvalue weighted by Crippen LogP contribution is -2.25. The van der Waals surface area contributed by atoms with Crippen LogP contribution in [-0.4, -0.2) is 26.7 Å². The van der Waals surface area contributed by atoms with Crippen LogP contribution in [-0.2, 0) is 0 Å². The van der Waals surface area contributed by atoms with Crippen molar-refractivity contribution in [2.45, 2.75) is 0 Å². The fourth-order valence-electron chi connectivity index (χ4n) is 0.218. The lowest BCUT2D eigenvalue weighted by Gasteiger charge is -1.96. The summed E-state index contributed by atoms with van der Waals surface area (Å²) in [4.78, 5) is 0. The summed E-state index contributed by atoms with van der Waals surface area (Å²) in [6.45, 7) is 0. The van der Waals surface area contributed by atoms with Gasteiger partial charge in [-0.1, -0.05) is 0 Å². The molecule has 0 amide bonds. The topological polar surface area (TPSA) is 15.3 Å². The molecule has 0 atom stereocenters. The maximum absolute atomic E-state index is 11.5. The predicted molar refractivity (Wildman–Crippen MR) is 25.1 cm³/mol. The van der Waals surface area contributed by atoms with Gasteiger partial charge in [-0.3, -0.25) is 0 Å². The average Bonchev–Trinajstić information content (AvgIpc) is 1.35. The van der Waals surface area contributed by atoms with Crippen LogP contribution in [0.5, 0.6) is 0 Å². The molecule has 0 aromatic carbocycles. The van der Waals surface area contributed by atoms with E-state index in [-0.39, 0.29) is 0 Å². The lowest BCUT2D eigenvalue weighted by atomic mass is 10.2. The highest BCUT2D eigenvalue weighted by molar-refractivity contribution is 6.27. The van der Waals surface area contributed by atoms with Gasteiger partial charge in [0.25, 0.3) is 0 Å². The molecule has 0 spiro atoms. The maximum atomic E-state index is 11.5. The first kappa shape index (κ1) is 5.91. The van der Waals surface area contributed by atoms with Gasteiger partial charge in [0.2, 0.25) is 0 Å². The highest BCUT2D eigenvalue weighted by Gasteiger charge is 1.88. The summed E-state index contributed by atoms with van der Waals surface area (Å²) in [5.41, 5.74) is 0. The van der Waals surface area contributed by atoms with Crippen LogP contribution in [0.1, 0.15) is 0 Å². The van der Waals surface area contributed by atoms with Gasteiger partial charge in [-0.2, -0.15) is 5.03 Å². The number of hydrogen-bond acceptors (Lipinski definition) is 2. The smallest absolute Gasteiger partial charge is 0.323 e. The van der Waals surface area contributed by atoms with Crippen molar-refractivity contribution in [3.63, 3.8) is 0 Å². The van der Waals surface area contributed by atoms with E-state index in [1.54, 1.807) is 7.05 Å². The number of nitrogens with zero attached hydrogens (tertiary/aromatic N) is 1. The summed E-state index contributed by atoms with van der Waals surface area (Å²) in [6.07, 6.45) is 0. The van der Waals surface area contributed by atoms with Crippen LogP contribution in [0.15, 0.2) is 0 Å². The Morgan fingerprint density at radius 2 is 2.33 bits per heavy atom. The summed E-state index contributed by atoms with van der Waals surface area (Å²) in [7, 11) is 3.34. The van der Waals surface area contributed by atoms with Crippen LogP contribution in [0.3, 0.4) is 0 Å². The van der Waals surface area contributed by atoms with Gasteiger partial charge in [0.1, 0.15) is 0 Å². The molecule has 0 bridgehead atoms. The monoisotopic (exact) mass is 90.1 g/mol. The molecular formula is C2H8BFN2. The first-order valence-electron chi connectivity index (χ1n) is 1.79. The lowest BCUT2D eigenvalue weighted by molar-refractivity contribution is 0.177. The SMILES string of the molecule is CNBN(C)F. The quantitative estimate of drug-likeness (QED) is 0.356. The molecular weight excluding hydrogens is 81.8 g/mol. The van der Waals surface area contributed by atoms with E-state index in [9.17, 15) is 4.48 Å². The third-order valence-corrected chi connectivity index (χ3v) is 0.376. The van der Waals surface area contributed by atoms with Crippen LogP contribution in [0.2, 0.25) is 0 Å². The van der Waals surface area contributed by atoms with Gasteiger partial charge >= 0.3 is 7.55 Å². The molecule has 0 heterocycles. The van der Waals surface area contributed by atoms with Crippen molar-refractivity contribution < 1.29 is 4.48 Å². The van der Waals surface area contributed by atoms with Crippen LogP contribution in [0.25, 0.3) is 0 Å². The minimum absolute atomic E-state index is 0.292. The summed E-state index contributed by atoms with van der Waals surface area (Å²) in [5, 5.41) is 3.19. The van der Waals surface area contributed by atoms with Gasteiger partial charge in [-0.15, -0.1) is 4.48 Å². The van der Waals surface area contributed by atoms with Crippen molar-refractivity contribution in [1.82, 2.24) is 10.3 Å². The zero-order chi connectivity index (χ0) is 4.99. The van der Waals surface area contributed by atoms with Crippen LogP contribution in [0.4, 0.5) is 4.48 Å². The molecule has 0 unspecified atom stereocenters. The van der Waals surface area contributed by atoms with Crippen LogP contribution >= 0.6 is 0 Å². The first-order chi connectivity index (χ1) is 2.77. The predicted octanol–water partition coefficient (Wildman–Crippen LogP) is -0.711. The van der Waals surface area contributed by atoms with Crippen molar-refractivity contribution >= 4 is 7.55 Å². The molecule has 1 N–H and O–H groups in total. The number of rotatable bonds is 2. The van der Waals surface area contributed by atoms with E-state index in [0.717, 1.165) is 0 Å². The van der Waals surface area contributed by atoms with Gasteiger partial charge < -0.3 is 5.23 Å². The van der Waals surface area contributed by atoms with Crippen LogP contribution in [0, 0.1) is 0 Å². The second-order valence-electron chi connectivity index (χ2n) is 1.12. The average molecular weight is 89.9 g/mol. The highest BCUT2D eigenvalue weighted by atomic mass is 19.2. The zero-order valence-electron chi connectivity index (χ0n) is 4.03. The molecule has 36 valence electrons. The Balaban J connectivity index is 2.63. The summed E-state index contributed by atoms with van der Waals surface area (Å²) < 4.78 is 11.5. The van der Waals surface area contributed by atoms with Crippen molar-refractivity contribution in [3.8, 4) is 0 Å². The fraction of sp³-hybridized carbons (Fsp3) is 1.00. The molecule has 0 fully saturated rings. The van der Waals surface area contributed by atoms with E-state index >= 15 is 0 Å². The van der Waals surface area contributed by atoms with Gasteiger partial charge in [0, 0.05) is 7.05 Å².